The lowest BCUT2D eigenvalue weighted by Gasteiger charge is -2.19. The molecule has 4 rings (SSSR count). The molecule has 0 aliphatic carbocycles. The number of nitrogens with zero attached hydrogens (tertiary/aromatic N) is 2. The van der Waals surface area contributed by atoms with Crippen molar-refractivity contribution in [2.75, 3.05) is 12.4 Å². The van der Waals surface area contributed by atoms with Gasteiger partial charge >= 0.3 is 0 Å². The zero-order chi connectivity index (χ0) is 24.2. The number of halogens is 4. The van der Waals surface area contributed by atoms with Crippen LogP contribution in [0.1, 0.15) is 36.1 Å². The fraction of sp³-hybridized carbons (Fsp3) is 0.200. The van der Waals surface area contributed by atoms with E-state index in [4.69, 9.17) is 21.1 Å². The van der Waals surface area contributed by atoms with Gasteiger partial charge in [-0.2, -0.15) is 0 Å². The molecule has 176 valence electrons. The number of benzene rings is 3. The van der Waals surface area contributed by atoms with Gasteiger partial charge in [0.05, 0.1) is 24.2 Å². The van der Waals surface area contributed by atoms with E-state index in [-0.39, 0.29) is 10.8 Å². The number of hydrogen-bond acceptors (Lipinski definition) is 5. The Labute approximate surface area is 199 Å². The highest BCUT2D eigenvalue weighted by Gasteiger charge is 2.21. The van der Waals surface area contributed by atoms with Crippen LogP contribution in [0.2, 0.25) is 5.28 Å². The molecule has 0 spiro atoms. The topological polar surface area (TPSA) is 56.3 Å². The van der Waals surface area contributed by atoms with Crippen LogP contribution in [-0.2, 0) is 6.61 Å². The third kappa shape index (κ3) is 5.02. The van der Waals surface area contributed by atoms with E-state index in [0.29, 0.717) is 34.8 Å². The summed E-state index contributed by atoms with van der Waals surface area (Å²) in [7, 11) is 1.51. The highest BCUT2D eigenvalue weighted by atomic mass is 35.5. The Morgan fingerprint density at radius 3 is 2.41 bits per heavy atom. The summed E-state index contributed by atoms with van der Waals surface area (Å²) in [6.07, 6.45) is -2.92. The number of nitrogens with one attached hydrogen (secondary N) is 1. The maximum Gasteiger partial charge on any atom is 0.266 e. The summed E-state index contributed by atoms with van der Waals surface area (Å²) >= 11 is 6.12. The van der Waals surface area contributed by atoms with E-state index in [2.05, 4.69) is 15.3 Å². The summed E-state index contributed by atoms with van der Waals surface area (Å²) in [5, 5.41) is 3.58. The summed E-state index contributed by atoms with van der Waals surface area (Å²) < 4.78 is 52.4. The molecule has 0 amide bonds. The predicted octanol–water partition coefficient (Wildman–Crippen LogP) is 7.12. The molecule has 0 fully saturated rings. The zero-order valence-corrected chi connectivity index (χ0v) is 19.1. The maximum atomic E-state index is 14.7. The van der Waals surface area contributed by atoms with Crippen molar-refractivity contribution in [1.29, 1.82) is 0 Å². The molecule has 5 nitrogen and oxygen atoms in total. The Bertz CT molecular complexity index is 1310. The highest BCUT2D eigenvalue weighted by Crippen LogP contribution is 2.37. The van der Waals surface area contributed by atoms with Crippen LogP contribution < -0.4 is 14.8 Å². The van der Waals surface area contributed by atoms with Gasteiger partial charge in [0.15, 0.2) is 11.5 Å². The molecule has 1 heterocycles. The first-order valence-corrected chi connectivity index (χ1v) is 10.8. The lowest BCUT2D eigenvalue weighted by atomic mass is 10.0. The minimum atomic E-state index is -2.92. The van der Waals surface area contributed by atoms with Crippen LogP contribution in [0.25, 0.3) is 10.9 Å². The lowest BCUT2D eigenvalue weighted by molar-refractivity contribution is 0.146. The van der Waals surface area contributed by atoms with E-state index < -0.39 is 23.8 Å². The van der Waals surface area contributed by atoms with Crippen molar-refractivity contribution in [2.24, 2.45) is 0 Å². The Morgan fingerprint density at radius 1 is 0.971 bits per heavy atom. The Hall–Kier alpha value is -3.52. The van der Waals surface area contributed by atoms with Gasteiger partial charge in [-0.1, -0.05) is 48.5 Å². The molecule has 1 atom stereocenters. The van der Waals surface area contributed by atoms with Gasteiger partial charge in [0.2, 0.25) is 5.28 Å². The average Bonchev–Trinajstić information content (AvgIpc) is 2.82. The minimum Gasteiger partial charge on any atom is -0.493 e. The van der Waals surface area contributed by atoms with Gasteiger partial charge in [-0.25, -0.2) is 23.1 Å². The molecule has 9 heteroatoms. The summed E-state index contributed by atoms with van der Waals surface area (Å²) in [4.78, 5) is 8.49. The van der Waals surface area contributed by atoms with Gasteiger partial charge < -0.3 is 14.8 Å². The molecule has 0 radical (unpaired) electrons. The first-order chi connectivity index (χ1) is 16.4. The smallest absolute Gasteiger partial charge is 0.266 e. The number of rotatable bonds is 8. The van der Waals surface area contributed by atoms with Gasteiger partial charge in [-0.3, -0.25) is 0 Å². The highest BCUT2D eigenvalue weighted by molar-refractivity contribution is 6.28. The number of fused-ring (bicyclic) bond motifs is 1. The molecule has 34 heavy (non-hydrogen) atoms. The second-order valence-corrected chi connectivity index (χ2v) is 7.89. The molecule has 0 bridgehead atoms. The Kier molecular flexibility index (Phi) is 7.07. The van der Waals surface area contributed by atoms with Crippen LogP contribution >= 0.6 is 11.6 Å². The van der Waals surface area contributed by atoms with Crippen LogP contribution in [0.5, 0.6) is 11.5 Å². The van der Waals surface area contributed by atoms with Crippen LogP contribution in [0.3, 0.4) is 0 Å². The van der Waals surface area contributed by atoms with E-state index in [1.165, 1.54) is 19.2 Å². The molecule has 3 aromatic carbocycles. The molecular formula is C25H21ClF3N3O2. The average molecular weight is 488 g/mol. The number of ether oxygens (including phenoxy) is 2. The number of aromatic nitrogens is 2. The molecular weight excluding hydrogens is 467 g/mol. The summed E-state index contributed by atoms with van der Waals surface area (Å²) in [5.74, 6) is 0.242. The van der Waals surface area contributed by atoms with Gasteiger partial charge in [0.25, 0.3) is 6.43 Å². The first-order valence-electron chi connectivity index (χ1n) is 10.4. The SMILES string of the molecule is COc1cc2nc(Cl)nc(NC(C)c3cccc(C(F)F)c3F)c2cc1OCc1ccccc1. The summed E-state index contributed by atoms with van der Waals surface area (Å²) in [6.45, 7) is 1.95. The molecule has 1 unspecified atom stereocenters. The largest absolute Gasteiger partial charge is 0.493 e. The van der Waals surface area contributed by atoms with E-state index in [9.17, 15) is 13.2 Å². The fourth-order valence-corrected chi connectivity index (χ4v) is 3.76. The Balaban J connectivity index is 1.70. The molecule has 0 aliphatic rings. The minimum absolute atomic E-state index is 0.0380. The fourth-order valence-electron chi connectivity index (χ4n) is 3.58. The van der Waals surface area contributed by atoms with Crippen LogP contribution in [0, 0.1) is 5.82 Å². The summed E-state index contributed by atoms with van der Waals surface area (Å²) in [5.41, 5.74) is 0.867. The van der Waals surface area contributed by atoms with Crippen LogP contribution in [0.4, 0.5) is 19.0 Å². The van der Waals surface area contributed by atoms with Gasteiger partial charge in [-0.05, 0) is 30.2 Å². The molecule has 4 aromatic rings. The van der Waals surface area contributed by atoms with Crippen molar-refractivity contribution in [1.82, 2.24) is 9.97 Å². The third-order valence-electron chi connectivity index (χ3n) is 5.30. The number of anilines is 1. The predicted molar refractivity (Wildman–Crippen MR) is 125 cm³/mol. The van der Waals surface area contributed by atoms with Crippen molar-refractivity contribution in [3.8, 4) is 11.5 Å². The van der Waals surface area contributed by atoms with Crippen LogP contribution in [-0.4, -0.2) is 17.1 Å². The van der Waals surface area contributed by atoms with Crippen molar-refractivity contribution < 1.29 is 22.6 Å². The monoisotopic (exact) mass is 487 g/mol. The van der Waals surface area contributed by atoms with Crippen molar-refractivity contribution in [3.05, 3.63) is 88.5 Å². The van der Waals surface area contributed by atoms with Crippen molar-refractivity contribution in [2.45, 2.75) is 26.0 Å². The Morgan fingerprint density at radius 2 is 1.71 bits per heavy atom. The van der Waals surface area contributed by atoms with E-state index in [0.717, 1.165) is 11.6 Å². The third-order valence-corrected chi connectivity index (χ3v) is 5.47. The lowest BCUT2D eigenvalue weighted by Crippen LogP contribution is -2.12. The van der Waals surface area contributed by atoms with Crippen molar-refractivity contribution >= 4 is 28.3 Å². The standard InChI is InChI=1S/C25H21ClF3N3O2/c1-14(16-9-6-10-17(22(16)27)23(28)29)30-24-18-11-21(34-13-15-7-4-3-5-8-15)20(33-2)12-19(18)31-25(26)32-24/h3-12,14,23H,13H2,1-2H3,(H,30,31,32). The molecule has 0 saturated carbocycles. The van der Waals surface area contributed by atoms with E-state index >= 15 is 0 Å². The van der Waals surface area contributed by atoms with Gasteiger partial charge in [-0.15, -0.1) is 0 Å². The number of methoxy groups -OCH3 is 1. The molecule has 0 aliphatic heterocycles. The number of hydrogen-bond donors (Lipinski definition) is 1. The maximum absolute atomic E-state index is 14.7. The first kappa shape index (κ1) is 23.6. The molecule has 1 N–H and O–H groups in total. The second-order valence-electron chi connectivity index (χ2n) is 7.55. The molecule has 1 aromatic heterocycles. The van der Waals surface area contributed by atoms with Crippen LogP contribution in [0.15, 0.2) is 60.7 Å². The van der Waals surface area contributed by atoms with E-state index in [1.54, 1.807) is 19.1 Å². The van der Waals surface area contributed by atoms with Gasteiger partial charge in [0.1, 0.15) is 18.2 Å². The van der Waals surface area contributed by atoms with E-state index in [1.807, 2.05) is 30.3 Å². The normalized spacial score (nSPS) is 12.1. The zero-order valence-electron chi connectivity index (χ0n) is 18.4. The second kappa shape index (κ2) is 10.2. The number of alkyl halides is 2. The molecule has 0 saturated heterocycles. The van der Waals surface area contributed by atoms with Crippen molar-refractivity contribution in [3.63, 3.8) is 0 Å². The quantitative estimate of drug-likeness (QED) is 0.268. The van der Waals surface area contributed by atoms with Gasteiger partial charge in [0, 0.05) is 17.0 Å². The summed E-state index contributed by atoms with van der Waals surface area (Å²) in [6, 6.07) is 16.2.